The molecule has 1 aromatic carbocycles. The number of hydrogen-bond donors (Lipinski definition) is 0. The maximum atomic E-state index is 12.3. The van der Waals surface area contributed by atoms with Crippen LogP contribution in [0.1, 0.15) is 16.2 Å². The number of carbonyl (C=O) groups is 1. The lowest BCUT2D eigenvalue weighted by molar-refractivity contribution is -0.469. The molecule has 106 valence electrons. The van der Waals surface area contributed by atoms with Crippen molar-refractivity contribution >= 4 is 27.8 Å². The highest BCUT2D eigenvalue weighted by atomic mass is 32.2. The van der Waals surface area contributed by atoms with E-state index in [1.54, 1.807) is 12.1 Å². The number of ether oxygens (including phenoxy) is 1. The average molecular weight is 296 g/mol. The molecule has 1 atom stereocenters. The number of esters is 1. The number of hydrogen-bond acceptors (Lipinski definition) is 5. The van der Waals surface area contributed by atoms with E-state index in [0.717, 1.165) is 7.11 Å². The van der Waals surface area contributed by atoms with Crippen LogP contribution in [0.4, 0.5) is 0 Å². The molecule has 0 aliphatic rings. The van der Waals surface area contributed by atoms with Crippen molar-refractivity contribution in [3.05, 3.63) is 45.8 Å². The molecule has 0 aliphatic heterocycles. The van der Waals surface area contributed by atoms with Crippen LogP contribution in [0.3, 0.4) is 0 Å². The Morgan fingerprint density at radius 1 is 1.45 bits per heavy atom. The minimum Gasteiger partial charge on any atom is -0.805 e. The van der Waals surface area contributed by atoms with Gasteiger partial charge in [0, 0.05) is 28.0 Å². The lowest BCUT2D eigenvalue weighted by Gasteiger charge is -2.17. The second-order valence-electron chi connectivity index (χ2n) is 4.08. The molecule has 2 rings (SSSR count). The summed E-state index contributed by atoms with van der Waals surface area (Å²) in [6, 6.07) is 6.06. The quantitative estimate of drug-likeness (QED) is 0.609. The lowest BCUT2D eigenvalue weighted by Crippen LogP contribution is -2.32. The molecule has 8 heteroatoms. The van der Waals surface area contributed by atoms with Gasteiger partial charge in [-0.05, 0) is 6.07 Å². The summed E-state index contributed by atoms with van der Waals surface area (Å²) >= 11 is 0. The van der Waals surface area contributed by atoms with E-state index < -0.39 is 22.5 Å². The van der Waals surface area contributed by atoms with Gasteiger partial charge in [0.1, 0.15) is 11.2 Å². The predicted molar refractivity (Wildman–Crippen MR) is 73.2 cm³/mol. The zero-order chi connectivity index (χ0) is 14.9. The first kappa shape index (κ1) is 14.2. The van der Waals surface area contributed by atoms with E-state index in [1.165, 1.54) is 18.4 Å². The standard InChI is InChI=1S/C12H12N2O5S/c1-19-12(15)11-10(7-20(2)18)13(16)8-5-3-4-6-9(8)14(11)17/h3-6H,7H2,1-2H3. The van der Waals surface area contributed by atoms with E-state index in [-0.39, 0.29) is 22.5 Å². The van der Waals surface area contributed by atoms with Crippen LogP contribution in [-0.4, -0.2) is 28.3 Å². The predicted octanol–water partition coefficient (Wildman–Crippen LogP) is 0.567. The number of aromatic nitrogens is 2. The van der Waals surface area contributed by atoms with Crippen LogP contribution >= 0.6 is 0 Å². The minimum absolute atomic E-state index is 0.0496. The van der Waals surface area contributed by atoms with Crippen LogP contribution in [0.15, 0.2) is 24.3 Å². The van der Waals surface area contributed by atoms with Crippen molar-refractivity contribution in [3.63, 3.8) is 0 Å². The molecule has 0 N–H and O–H groups in total. The zero-order valence-corrected chi connectivity index (χ0v) is 11.7. The smallest absolute Gasteiger partial charge is 0.410 e. The number of nitrogens with zero attached hydrogens (tertiary/aromatic N) is 2. The van der Waals surface area contributed by atoms with Gasteiger partial charge in [-0.2, -0.15) is 0 Å². The van der Waals surface area contributed by atoms with Gasteiger partial charge in [0.2, 0.25) is 0 Å². The van der Waals surface area contributed by atoms with Crippen LogP contribution in [0.5, 0.6) is 0 Å². The van der Waals surface area contributed by atoms with E-state index in [0.29, 0.717) is 9.16 Å². The first-order chi connectivity index (χ1) is 9.47. The Labute approximate surface area is 116 Å². The first-order valence-electron chi connectivity index (χ1n) is 5.62. The Morgan fingerprint density at radius 3 is 2.70 bits per heavy atom. The highest BCUT2D eigenvalue weighted by molar-refractivity contribution is 7.83. The third kappa shape index (κ3) is 2.29. The van der Waals surface area contributed by atoms with Crippen LogP contribution in [0, 0.1) is 10.1 Å². The summed E-state index contributed by atoms with van der Waals surface area (Å²) in [6.45, 7) is 0. The number of rotatable bonds is 3. The Bertz CT molecular complexity index is 768. The number of benzene rings is 1. The van der Waals surface area contributed by atoms with Gasteiger partial charge in [-0.3, -0.25) is 4.21 Å². The summed E-state index contributed by atoms with van der Waals surface area (Å²) in [4.78, 5) is 24.0. The first-order valence-corrected chi connectivity index (χ1v) is 7.35. The zero-order valence-electron chi connectivity index (χ0n) is 10.9. The van der Waals surface area contributed by atoms with Gasteiger partial charge in [0.25, 0.3) is 5.52 Å². The summed E-state index contributed by atoms with van der Waals surface area (Å²) in [6.07, 6.45) is 1.38. The molecule has 0 fully saturated rings. The van der Waals surface area contributed by atoms with E-state index in [4.69, 9.17) is 0 Å². The van der Waals surface area contributed by atoms with Crippen molar-refractivity contribution in [2.24, 2.45) is 0 Å². The van der Waals surface area contributed by atoms with E-state index in [1.807, 2.05) is 0 Å². The topological polar surface area (TPSA) is 94.3 Å². The molecular weight excluding hydrogens is 284 g/mol. The fourth-order valence-corrected chi connectivity index (χ4v) is 2.54. The normalized spacial score (nSPS) is 12.3. The van der Waals surface area contributed by atoms with E-state index in [2.05, 4.69) is 4.74 Å². The summed E-state index contributed by atoms with van der Waals surface area (Å²) in [5, 5.41) is 12.3. The third-order valence-corrected chi connectivity index (χ3v) is 3.44. The number of para-hydroxylation sites is 2. The fourth-order valence-electron chi connectivity index (χ4n) is 1.90. The van der Waals surface area contributed by atoms with Crippen LogP contribution in [-0.2, 0) is 21.3 Å². The molecule has 0 radical (unpaired) electrons. The SMILES string of the molecule is COC(=O)c1c(CS(C)=O)n([O-])c2ccccc2[n+]1=O. The fraction of sp³-hybridized carbons (Fsp3) is 0.250. The van der Waals surface area contributed by atoms with Gasteiger partial charge in [0.15, 0.2) is 0 Å². The van der Waals surface area contributed by atoms with Crippen molar-refractivity contribution in [1.29, 1.82) is 0 Å². The minimum atomic E-state index is -1.39. The third-order valence-electron chi connectivity index (χ3n) is 2.76. The van der Waals surface area contributed by atoms with Crippen LogP contribution in [0.2, 0.25) is 0 Å². The molecule has 0 spiro atoms. The summed E-state index contributed by atoms with van der Waals surface area (Å²) in [5.41, 5.74) is -0.438. The van der Waals surface area contributed by atoms with E-state index in [9.17, 15) is 19.1 Å². The molecule has 0 saturated carbocycles. The van der Waals surface area contributed by atoms with Crippen molar-refractivity contribution in [1.82, 2.24) is 4.73 Å². The Kier molecular flexibility index (Phi) is 3.84. The van der Waals surface area contributed by atoms with Crippen molar-refractivity contribution in [2.75, 3.05) is 13.4 Å². The Hall–Kier alpha value is -2.22. The maximum absolute atomic E-state index is 12.3. The number of methoxy groups -OCH3 is 1. The van der Waals surface area contributed by atoms with Gasteiger partial charge in [-0.25, -0.2) is 4.79 Å². The largest absolute Gasteiger partial charge is 0.805 e. The number of carbonyl (C=O) groups excluding carboxylic acids is 1. The molecule has 7 nitrogen and oxygen atoms in total. The van der Waals surface area contributed by atoms with Gasteiger partial charge in [-0.15, -0.1) is 0 Å². The van der Waals surface area contributed by atoms with Crippen LogP contribution < -0.4 is 4.43 Å². The van der Waals surface area contributed by atoms with Crippen molar-refractivity contribution < 1.29 is 18.2 Å². The highest BCUT2D eigenvalue weighted by Crippen LogP contribution is 2.16. The monoisotopic (exact) mass is 296 g/mol. The Morgan fingerprint density at radius 2 is 2.10 bits per heavy atom. The summed E-state index contributed by atoms with van der Waals surface area (Å²) in [5.74, 6) is -1.14. The molecule has 0 amide bonds. The lowest BCUT2D eigenvalue weighted by atomic mass is 10.2. The van der Waals surface area contributed by atoms with Crippen molar-refractivity contribution in [3.8, 4) is 0 Å². The van der Waals surface area contributed by atoms with Crippen LogP contribution in [0.25, 0.3) is 11.0 Å². The second kappa shape index (κ2) is 5.41. The molecule has 20 heavy (non-hydrogen) atoms. The molecule has 2 aromatic rings. The Balaban J connectivity index is 2.92. The molecule has 0 bridgehead atoms. The average Bonchev–Trinajstić information content (AvgIpc) is 2.43. The van der Waals surface area contributed by atoms with E-state index >= 15 is 0 Å². The number of fused-ring (bicyclic) bond motifs is 1. The van der Waals surface area contributed by atoms with Gasteiger partial charge in [-0.1, -0.05) is 12.1 Å². The maximum Gasteiger partial charge on any atom is 0.410 e. The summed E-state index contributed by atoms with van der Waals surface area (Å²) < 4.78 is 16.7. The van der Waals surface area contributed by atoms with Gasteiger partial charge >= 0.3 is 11.7 Å². The highest BCUT2D eigenvalue weighted by Gasteiger charge is 2.30. The van der Waals surface area contributed by atoms with Gasteiger partial charge < -0.3 is 14.7 Å². The molecule has 1 heterocycles. The second-order valence-corrected chi connectivity index (χ2v) is 5.52. The molecule has 1 unspecified atom stereocenters. The molecular formula is C12H12N2O5S. The summed E-state index contributed by atoms with van der Waals surface area (Å²) in [7, 11) is -0.277. The molecule has 0 saturated heterocycles. The van der Waals surface area contributed by atoms with Crippen molar-refractivity contribution in [2.45, 2.75) is 5.75 Å². The van der Waals surface area contributed by atoms with Gasteiger partial charge in [0.05, 0.1) is 17.3 Å². The molecule has 0 aliphatic carbocycles. The molecule has 1 aromatic heterocycles.